The lowest BCUT2D eigenvalue weighted by molar-refractivity contribution is -0.144. The fraction of sp³-hybridized carbons (Fsp3) is 0.222. The molecule has 0 heterocycles. The molecule has 26 heavy (non-hydrogen) atoms. The summed E-state index contributed by atoms with van der Waals surface area (Å²) in [5.41, 5.74) is 2.41. The zero-order chi connectivity index (χ0) is 19.1. The number of hydrogen-bond acceptors (Lipinski definition) is 4. The monoisotopic (exact) mass is 431 g/mol. The van der Waals surface area contributed by atoms with Gasteiger partial charge in [0.25, 0.3) is 5.91 Å². The maximum Gasteiger partial charge on any atom is 0.316 e. The Morgan fingerprint density at radius 1 is 1.08 bits per heavy atom. The number of carbonyl (C=O) groups is 2. The fourth-order valence-electron chi connectivity index (χ4n) is 2.02. The van der Waals surface area contributed by atoms with E-state index in [0.29, 0.717) is 26.5 Å². The Balaban J connectivity index is 1.70. The number of aryl methyl sites for hydroxylation is 1. The van der Waals surface area contributed by atoms with E-state index in [9.17, 15) is 9.59 Å². The Bertz CT molecular complexity index is 814. The molecule has 0 saturated carbocycles. The summed E-state index contributed by atoms with van der Waals surface area (Å²) in [4.78, 5) is 23.6. The second-order valence-electron chi connectivity index (χ2n) is 5.41. The van der Waals surface area contributed by atoms with Crippen molar-refractivity contribution in [2.75, 3.05) is 17.7 Å². The second kappa shape index (κ2) is 10.1. The van der Waals surface area contributed by atoms with E-state index in [-0.39, 0.29) is 12.4 Å². The quantitative estimate of drug-likeness (QED) is 0.598. The highest BCUT2D eigenvalue weighted by atomic mass is 35.5. The standard InChI is InChI=1S/C18H16Cl3NO3S/c1-11-6-13(19)3-5-16(11)22-17(23)8-25-18(24)10-26-9-12-2-4-14(20)15(21)7-12/h2-7H,8-10H2,1H3,(H,22,23). The van der Waals surface area contributed by atoms with Gasteiger partial charge in [0.05, 0.1) is 15.8 Å². The third kappa shape index (κ3) is 6.72. The minimum atomic E-state index is -0.460. The molecule has 0 aliphatic heterocycles. The highest BCUT2D eigenvalue weighted by Crippen LogP contribution is 2.24. The summed E-state index contributed by atoms with van der Waals surface area (Å²) in [5, 5.41) is 4.23. The van der Waals surface area contributed by atoms with Crippen molar-refractivity contribution in [1.82, 2.24) is 0 Å². The fourth-order valence-corrected chi connectivity index (χ4v) is 3.34. The lowest BCUT2D eigenvalue weighted by Crippen LogP contribution is -2.22. The maximum absolute atomic E-state index is 11.9. The molecule has 0 bridgehead atoms. The average Bonchev–Trinajstić information content (AvgIpc) is 2.59. The van der Waals surface area contributed by atoms with Crippen molar-refractivity contribution < 1.29 is 14.3 Å². The molecule has 4 nitrogen and oxygen atoms in total. The van der Waals surface area contributed by atoms with E-state index in [1.54, 1.807) is 30.3 Å². The lowest BCUT2D eigenvalue weighted by atomic mass is 10.2. The molecule has 0 aliphatic carbocycles. The van der Waals surface area contributed by atoms with Crippen LogP contribution in [0.3, 0.4) is 0 Å². The summed E-state index contributed by atoms with van der Waals surface area (Å²) in [7, 11) is 0. The van der Waals surface area contributed by atoms with Gasteiger partial charge in [-0.05, 0) is 48.4 Å². The molecular weight excluding hydrogens is 417 g/mol. The Kier molecular flexibility index (Phi) is 8.10. The van der Waals surface area contributed by atoms with Crippen LogP contribution in [0.1, 0.15) is 11.1 Å². The summed E-state index contributed by atoms with van der Waals surface area (Å²) in [6.07, 6.45) is 0. The molecule has 1 N–H and O–H groups in total. The van der Waals surface area contributed by atoms with Gasteiger partial charge >= 0.3 is 5.97 Å². The molecule has 1 amide bonds. The molecule has 0 fully saturated rings. The SMILES string of the molecule is Cc1cc(Cl)ccc1NC(=O)COC(=O)CSCc1ccc(Cl)c(Cl)c1. The van der Waals surface area contributed by atoms with Crippen molar-refractivity contribution in [2.24, 2.45) is 0 Å². The van der Waals surface area contributed by atoms with Crippen molar-refractivity contribution in [2.45, 2.75) is 12.7 Å². The topological polar surface area (TPSA) is 55.4 Å². The largest absolute Gasteiger partial charge is 0.455 e. The van der Waals surface area contributed by atoms with E-state index in [1.165, 1.54) is 11.8 Å². The van der Waals surface area contributed by atoms with E-state index in [4.69, 9.17) is 39.5 Å². The number of nitrogens with one attached hydrogen (secondary N) is 1. The number of ether oxygens (including phenoxy) is 1. The Labute approximate surface area is 171 Å². The molecule has 2 aromatic carbocycles. The molecular formula is C18H16Cl3NO3S. The number of esters is 1. The van der Waals surface area contributed by atoms with Gasteiger partial charge in [0.2, 0.25) is 0 Å². The molecule has 0 atom stereocenters. The normalized spacial score (nSPS) is 10.5. The zero-order valence-electron chi connectivity index (χ0n) is 13.9. The number of hydrogen-bond donors (Lipinski definition) is 1. The summed E-state index contributed by atoms with van der Waals surface area (Å²) in [6.45, 7) is 1.49. The van der Waals surface area contributed by atoms with Crippen molar-refractivity contribution >= 4 is 64.1 Å². The number of thioether (sulfide) groups is 1. The lowest BCUT2D eigenvalue weighted by Gasteiger charge is -2.09. The van der Waals surface area contributed by atoms with E-state index < -0.39 is 11.9 Å². The number of carbonyl (C=O) groups excluding carboxylic acids is 2. The first-order chi connectivity index (χ1) is 12.3. The first-order valence-corrected chi connectivity index (χ1v) is 9.87. The summed E-state index contributed by atoms with van der Waals surface area (Å²) >= 11 is 19.0. The predicted octanol–water partition coefficient (Wildman–Crippen LogP) is 5.37. The van der Waals surface area contributed by atoms with E-state index in [1.807, 2.05) is 13.0 Å². The minimum absolute atomic E-state index is 0.132. The molecule has 0 radical (unpaired) electrons. The molecule has 0 aliphatic rings. The van der Waals surface area contributed by atoms with Crippen LogP contribution in [0, 0.1) is 6.92 Å². The van der Waals surface area contributed by atoms with Crippen molar-refractivity contribution in [1.29, 1.82) is 0 Å². The van der Waals surface area contributed by atoms with Crippen LogP contribution in [0.25, 0.3) is 0 Å². The van der Waals surface area contributed by atoms with Gasteiger partial charge in [-0.2, -0.15) is 0 Å². The molecule has 2 aromatic rings. The van der Waals surface area contributed by atoms with E-state index >= 15 is 0 Å². The van der Waals surface area contributed by atoms with Crippen LogP contribution in [0.2, 0.25) is 15.1 Å². The number of rotatable bonds is 7. The van der Waals surface area contributed by atoms with Gasteiger partial charge in [-0.15, -0.1) is 11.8 Å². The molecule has 0 aromatic heterocycles. The Hall–Kier alpha value is -1.40. The number of amides is 1. The third-order valence-corrected chi connectivity index (χ3v) is 5.25. The maximum atomic E-state index is 11.9. The van der Waals surface area contributed by atoms with Gasteiger partial charge in [-0.3, -0.25) is 9.59 Å². The van der Waals surface area contributed by atoms with Crippen molar-refractivity contribution in [3.63, 3.8) is 0 Å². The van der Waals surface area contributed by atoms with Gasteiger partial charge < -0.3 is 10.1 Å². The first kappa shape index (κ1) is 20.9. The third-order valence-electron chi connectivity index (χ3n) is 3.30. The van der Waals surface area contributed by atoms with Crippen LogP contribution < -0.4 is 5.32 Å². The molecule has 138 valence electrons. The van der Waals surface area contributed by atoms with E-state index in [2.05, 4.69) is 5.32 Å². The summed E-state index contributed by atoms with van der Waals surface area (Å²) in [5.74, 6) is -0.147. The van der Waals surface area contributed by atoms with Crippen molar-refractivity contribution in [3.8, 4) is 0 Å². The molecule has 0 saturated heterocycles. The highest BCUT2D eigenvalue weighted by molar-refractivity contribution is 7.99. The number of anilines is 1. The summed E-state index contributed by atoms with van der Waals surface area (Å²) in [6, 6.07) is 10.4. The van der Waals surface area contributed by atoms with Crippen LogP contribution in [-0.2, 0) is 20.1 Å². The minimum Gasteiger partial charge on any atom is -0.455 e. The van der Waals surface area contributed by atoms with Crippen LogP contribution in [-0.4, -0.2) is 24.2 Å². The molecule has 8 heteroatoms. The van der Waals surface area contributed by atoms with Gasteiger partial charge in [0.15, 0.2) is 6.61 Å². The van der Waals surface area contributed by atoms with Gasteiger partial charge in [0.1, 0.15) is 0 Å². The summed E-state index contributed by atoms with van der Waals surface area (Å²) < 4.78 is 4.98. The highest BCUT2D eigenvalue weighted by Gasteiger charge is 2.10. The molecule has 0 unspecified atom stereocenters. The Morgan fingerprint density at radius 3 is 2.54 bits per heavy atom. The second-order valence-corrected chi connectivity index (χ2v) is 7.65. The zero-order valence-corrected chi connectivity index (χ0v) is 16.9. The average molecular weight is 433 g/mol. The van der Waals surface area contributed by atoms with Crippen LogP contribution in [0.5, 0.6) is 0 Å². The smallest absolute Gasteiger partial charge is 0.316 e. The molecule has 2 rings (SSSR count). The number of benzene rings is 2. The van der Waals surface area contributed by atoms with Crippen molar-refractivity contribution in [3.05, 3.63) is 62.6 Å². The van der Waals surface area contributed by atoms with E-state index in [0.717, 1.165) is 11.1 Å². The number of halogens is 3. The first-order valence-electron chi connectivity index (χ1n) is 7.58. The van der Waals surface area contributed by atoms with Crippen LogP contribution in [0.15, 0.2) is 36.4 Å². The van der Waals surface area contributed by atoms with Gasteiger partial charge in [-0.1, -0.05) is 40.9 Å². The predicted molar refractivity (Wildman–Crippen MR) is 108 cm³/mol. The molecule has 0 spiro atoms. The van der Waals surface area contributed by atoms with Crippen LogP contribution in [0.4, 0.5) is 5.69 Å². The van der Waals surface area contributed by atoms with Gasteiger partial charge in [0, 0.05) is 16.5 Å². The van der Waals surface area contributed by atoms with Gasteiger partial charge in [-0.25, -0.2) is 0 Å². The Morgan fingerprint density at radius 2 is 1.85 bits per heavy atom. The van der Waals surface area contributed by atoms with Crippen LogP contribution >= 0.6 is 46.6 Å².